The molecular weight excluding hydrogens is 330 g/mol. The molecule has 0 aliphatic carbocycles. The van der Waals surface area contributed by atoms with Crippen LogP contribution in [0.15, 0.2) is 28.7 Å². The molecule has 2 rings (SSSR count). The summed E-state index contributed by atoms with van der Waals surface area (Å²) in [7, 11) is -3.40. The van der Waals surface area contributed by atoms with E-state index in [1.165, 1.54) is 0 Å². The van der Waals surface area contributed by atoms with Gasteiger partial charge in [-0.1, -0.05) is 6.92 Å². The molecular formula is C16H23N3O2S2. The van der Waals surface area contributed by atoms with Gasteiger partial charge in [0.15, 0.2) is 14.9 Å². The third kappa shape index (κ3) is 4.29. The van der Waals surface area contributed by atoms with Crippen molar-refractivity contribution in [3.63, 3.8) is 0 Å². The van der Waals surface area contributed by atoms with Crippen LogP contribution in [0.5, 0.6) is 0 Å². The molecule has 23 heavy (non-hydrogen) atoms. The fraction of sp³-hybridized carbons (Fsp3) is 0.500. The Bertz CT molecular complexity index is 744. The quantitative estimate of drug-likeness (QED) is 0.862. The lowest BCUT2D eigenvalue weighted by Crippen LogP contribution is -2.28. The standard InChI is InChI=1S/C16H23N3O2S2/c1-5-14-19-13(11-22-14)8-9-17-12-6-7-15(18-10-12)23(20,21)16(2,3)4/h6-7,10-11,17H,5,8-9H2,1-4H3. The summed E-state index contributed by atoms with van der Waals surface area (Å²) in [5, 5.41) is 6.59. The zero-order valence-electron chi connectivity index (χ0n) is 14.0. The smallest absolute Gasteiger partial charge is 0.200 e. The molecule has 0 spiro atoms. The number of nitrogens with one attached hydrogen (secondary N) is 1. The average Bonchev–Trinajstić information content (AvgIpc) is 2.95. The lowest BCUT2D eigenvalue weighted by atomic mass is 10.3. The topological polar surface area (TPSA) is 72.0 Å². The van der Waals surface area contributed by atoms with Gasteiger partial charge in [0.25, 0.3) is 0 Å². The van der Waals surface area contributed by atoms with Gasteiger partial charge in [-0.3, -0.25) is 0 Å². The van der Waals surface area contributed by atoms with E-state index in [2.05, 4.69) is 27.6 Å². The Balaban J connectivity index is 1.95. The molecule has 0 aromatic carbocycles. The minimum Gasteiger partial charge on any atom is -0.383 e. The zero-order valence-corrected chi connectivity index (χ0v) is 15.6. The fourth-order valence-corrected chi connectivity index (χ4v) is 3.76. The molecule has 0 radical (unpaired) electrons. The third-order valence-electron chi connectivity index (χ3n) is 3.43. The van der Waals surface area contributed by atoms with Crippen molar-refractivity contribution < 1.29 is 8.42 Å². The first-order valence-corrected chi connectivity index (χ1v) is 9.98. The van der Waals surface area contributed by atoms with Gasteiger partial charge >= 0.3 is 0 Å². The van der Waals surface area contributed by atoms with Crippen LogP contribution in [-0.2, 0) is 22.7 Å². The second-order valence-electron chi connectivity index (χ2n) is 6.26. The molecule has 1 N–H and O–H groups in total. The maximum Gasteiger partial charge on any atom is 0.200 e. The summed E-state index contributed by atoms with van der Waals surface area (Å²) in [6, 6.07) is 3.31. The molecule has 2 heterocycles. The highest BCUT2D eigenvalue weighted by atomic mass is 32.2. The molecule has 0 aliphatic rings. The van der Waals surface area contributed by atoms with Gasteiger partial charge in [0, 0.05) is 18.3 Å². The van der Waals surface area contributed by atoms with Crippen LogP contribution in [0.2, 0.25) is 0 Å². The second kappa shape index (κ2) is 6.97. The molecule has 2 aromatic rings. The van der Waals surface area contributed by atoms with Gasteiger partial charge in [-0.05, 0) is 39.3 Å². The van der Waals surface area contributed by atoms with E-state index in [-0.39, 0.29) is 5.03 Å². The number of sulfone groups is 1. The summed E-state index contributed by atoms with van der Waals surface area (Å²) >= 11 is 1.68. The van der Waals surface area contributed by atoms with Gasteiger partial charge in [0.05, 0.1) is 27.3 Å². The highest BCUT2D eigenvalue weighted by molar-refractivity contribution is 7.92. The van der Waals surface area contributed by atoms with Gasteiger partial charge in [-0.2, -0.15) is 0 Å². The summed E-state index contributed by atoms with van der Waals surface area (Å²) in [4.78, 5) is 8.61. The van der Waals surface area contributed by atoms with Gasteiger partial charge in [0.1, 0.15) is 0 Å². The van der Waals surface area contributed by atoms with Crippen LogP contribution in [0.3, 0.4) is 0 Å². The number of hydrogen-bond donors (Lipinski definition) is 1. The molecule has 2 aromatic heterocycles. The van der Waals surface area contributed by atoms with Crippen molar-refractivity contribution in [1.29, 1.82) is 0 Å². The number of aryl methyl sites for hydroxylation is 1. The Kier molecular flexibility index (Phi) is 5.41. The van der Waals surface area contributed by atoms with Gasteiger partial charge in [-0.15, -0.1) is 11.3 Å². The monoisotopic (exact) mass is 353 g/mol. The lowest BCUT2D eigenvalue weighted by Gasteiger charge is -2.18. The summed E-state index contributed by atoms with van der Waals surface area (Å²) in [6.07, 6.45) is 3.36. The van der Waals surface area contributed by atoms with E-state index in [1.54, 1.807) is 50.4 Å². The Morgan fingerprint density at radius 1 is 1.26 bits per heavy atom. The number of thiazole rings is 1. The molecule has 5 nitrogen and oxygen atoms in total. The number of nitrogens with zero attached hydrogens (tertiary/aromatic N) is 2. The van der Waals surface area contributed by atoms with E-state index in [9.17, 15) is 8.42 Å². The number of rotatable bonds is 6. The van der Waals surface area contributed by atoms with Crippen LogP contribution >= 0.6 is 11.3 Å². The van der Waals surface area contributed by atoms with Crippen LogP contribution < -0.4 is 5.32 Å². The molecule has 126 valence electrons. The van der Waals surface area contributed by atoms with E-state index in [4.69, 9.17) is 0 Å². The van der Waals surface area contributed by atoms with Crippen LogP contribution in [0.25, 0.3) is 0 Å². The van der Waals surface area contributed by atoms with Gasteiger partial charge in [-0.25, -0.2) is 18.4 Å². The van der Waals surface area contributed by atoms with Crippen molar-refractivity contribution in [2.24, 2.45) is 0 Å². The van der Waals surface area contributed by atoms with Crippen molar-refractivity contribution in [1.82, 2.24) is 9.97 Å². The van der Waals surface area contributed by atoms with E-state index in [0.717, 1.165) is 35.8 Å². The Morgan fingerprint density at radius 3 is 2.52 bits per heavy atom. The van der Waals surface area contributed by atoms with Crippen molar-refractivity contribution in [3.05, 3.63) is 34.4 Å². The zero-order chi connectivity index (χ0) is 17.1. The largest absolute Gasteiger partial charge is 0.383 e. The first-order chi connectivity index (χ1) is 10.7. The minimum atomic E-state index is -3.40. The van der Waals surface area contributed by atoms with Crippen LogP contribution in [0, 0.1) is 0 Å². The Hall–Kier alpha value is -1.47. The van der Waals surface area contributed by atoms with Crippen molar-refractivity contribution >= 4 is 26.9 Å². The summed E-state index contributed by atoms with van der Waals surface area (Å²) in [6.45, 7) is 7.86. The SMILES string of the molecule is CCc1nc(CCNc2ccc(S(=O)(=O)C(C)(C)C)nc2)cs1. The number of hydrogen-bond acceptors (Lipinski definition) is 6. The molecule has 0 amide bonds. The third-order valence-corrected chi connectivity index (χ3v) is 6.88. The number of pyridine rings is 1. The molecule has 0 atom stereocenters. The Labute approximate surface area is 142 Å². The Morgan fingerprint density at radius 2 is 2.00 bits per heavy atom. The lowest BCUT2D eigenvalue weighted by molar-refractivity contribution is 0.556. The van der Waals surface area contributed by atoms with Crippen LogP contribution in [0.4, 0.5) is 5.69 Å². The number of anilines is 1. The highest BCUT2D eigenvalue weighted by Crippen LogP contribution is 2.23. The first-order valence-electron chi connectivity index (χ1n) is 7.62. The second-order valence-corrected chi connectivity index (χ2v) is 9.86. The first kappa shape index (κ1) is 17.9. The van der Waals surface area contributed by atoms with Gasteiger partial charge < -0.3 is 5.32 Å². The summed E-state index contributed by atoms with van der Waals surface area (Å²) < 4.78 is 23.8. The van der Waals surface area contributed by atoms with Crippen LogP contribution in [0.1, 0.15) is 38.4 Å². The maximum atomic E-state index is 12.3. The van der Waals surface area contributed by atoms with Crippen molar-refractivity contribution in [3.8, 4) is 0 Å². The van der Waals surface area contributed by atoms with E-state index in [0.29, 0.717) is 0 Å². The molecule has 7 heteroatoms. The maximum absolute atomic E-state index is 12.3. The molecule has 0 aliphatic heterocycles. The number of aromatic nitrogens is 2. The average molecular weight is 354 g/mol. The molecule has 0 saturated carbocycles. The fourth-order valence-electron chi connectivity index (χ4n) is 1.92. The minimum absolute atomic E-state index is 0.114. The highest BCUT2D eigenvalue weighted by Gasteiger charge is 2.31. The summed E-state index contributed by atoms with van der Waals surface area (Å²) in [5.74, 6) is 0. The van der Waals surface area contributed by atoms with E-state index in [1.807, 2.05) is 0 Å². The van der Waals surface area contributed by atoms with Crippen molar-refractivity contribution in [2.75, 3.05) is 11.9 Å². The van der Waals surface area contributed by atoms with E-state index < -0.39 is 14.6 Å². The molecule has 0 bridgehead atoms. The predicted octanol–water partition coefficient (Wildman–Crippen LogP) is 3.33. The van der Waals surface area contributed by atoms with Crippen molar-refractivity contribution in [2.45, 2.75) is 50.3 Å². The summed E-state index contributed by atoms with van der Waals surface area (Å²) in [5.41, 5.74) is 1.89. The van der Waals surface area contributed by atoms with E-state index >= 15 is 0 Å². The molecule has 0 saturated heterocycles. The molecule has 0 fully saturated rings. The van der Waals surface area contributed by atoms with Crippen LogP contribution in [-0.4, -0.2) is 29.7 Å². The molecule has 0 unspecified atom stereocenters. The van der Waals surface area contributed by atoms with Gasteiger partial charge in [0.2, 0.25) is 0 Å². The normalized spacial score (nSPS) is 12.3. The predicted molar refractivity (Wildman–Crippen MR) is 94.9 cm³/mol.